The zero-order valence-corrected chi connectivity index (χ0v) is 17.7. The molecule has 0 radical (unpaired) electrons. The van der Waals surface area contributed by atoms with Crippen molar-refractivity contribution < 1.29 is 18.7 Å². The van der Waals surface area contributed by atoms with Gasteiger partial charge in [0.15, 0.2) is 6.30 Å². The molecule has 0 spiro atoms. The molecule has 30 heavy (non-hydrogen) atoms. The summed E-state index contributed by atoms with van der Waals surface area (Å²) < 4.78 is 20.1. The number of amides is 2. The number of alkyl halides is 1. The van der Waals surface area contributed by atoms with E-state index in [1.807, 2.05) is 6.07 Å². The first-order valence-electron chi connectivity index (χ1n) is 9.32. The molecule has 0 saturated carbocycles. The summed E-state index contributed by atoms with van der Waals surface area (Å²) in [4.78, 5) is 41.1. The third-order valence-corrected chi connectivity index (χ3v) is 7.29. The van der Waals surface area contributed by atoms with Crippen LogP contribution in [0.15, 0.2) is 35.1 Å². The maximum Gasteiger partial charge on any atom is 0.407 e. The third-order valence-electron chi connectivity index (χ3n) is 5.37. The number of alkyl carbamates (subject to hydrolysis) is 1. The molecule has 160 valence electrons. The molecule has 2 saturated heterocycles. The fraction of sp³-hybridized carbons (Fsp3) is 0.444. The van der Waals surface area contributed by atoms with E-state index in [9.17, 15) is 18.8 Å². The molecule has 2 N–H and O–H groups in total. The van der Waals surface area contributed by atoms with Crippen LogP contribution < -0.4 is 20.5 Å². The van der Waals surface area contributed by atoms with E-state index >= 15 is 0 Å². The number of rotatable bonds is 5. The topological polar surface area (TPSA) is 104 Å². The molecule has 2 aromatic rings. The van der Waals surface area contributed by atoms with Crippen molar-refractivity contribution in [2.75, 3.05) is 31.1 Å². The number of hydrogen-bond acceptors (Lipinski definition) is 9. The maximum absolute atomic E-state index is 14.7. The number of nitrogens with zero attached hydrogens (tertiary/aromatic N) is 3. The molecule has 2 aliphatic rings. The number of hydrogen-bond donors (Lipinski definition) is 2. The van der Waals surface area contributed by atoms with Crippen LogP contribution in [-0.2, 0) is 14.9 Å². The number of cyclic esters (lactones) is 1. The third kappa shape index (κ3) is 3.89. The van der Waals surface area contributed by atoms with Crippen LogP contribution in [0.1, 0.15) is 12.5 Å². The van der Waals surface area contributed by atoms with Gasteiger partial charge in [0.05, 0.1) is 13.1 Å². The van der Waals surface area contributed by atoms with Gasteiger partial charge in [0.1, 0.15) is 11.5 Å². The molecule has 3 atom stereocenters. The molecule has 0 bridgehead atoms. The average Bonchev–Trinajstić information content (AvgIpc) is 3.36. The molecule has 3 unspecified atom stereocenters. The molecule has 1 aromatic carbocycles. The van der Waals surface area contributed by atoms with Gasteiger partial charge >= 0.3 is 11.0 Å². The van der Waals surface area contributed by atoms with Gasteiger partial charge in [0, 0.05) is 13.1 Å². The Balaban J connectivity index is 1.49. The van der Waals surface area contributed by atoms with Crippen LogP contribution >= 0.6 is 20.7 Å². The largest absolute Gasteiger partial charge is 0.443 e. The molecule has 12 heteroatoms. The highest BCUT2D eigenvalue weighted by Gasteiger charge is 2.48. The van der Waals surface area contributed by atoms with Crippen LogP contribution in [0.3, 0.4) is 0 Å². The zero-order chi connectivity index (χ0) is 21.3. The Morgan fingerprint density at radius 1 is 1.30 bits per heavy atom. The van der Waals surface area contributed by atoms with Crippen LogP contribution in [0, 0.1) is 0 Å². The van der Waals surface area contributed by atoms with Crippen molar-refractivity contribution in [1.82, 2.24) is 20.7 Å². The van der Waals surface area contributed by atoms with Crippen molar-refractivity contribution in [3.63, 3.8) is 0 Å². The first kappa shape index (κ1) is 20.7. The van der Waals surface area contributed by atoms with E-state index in [2.05, 4.69) is 15.7 Å². The van der Waals surface area contributed by atoms with E-state index in [4.69, 9.17) is 4.74 Å². The van der Waals surface area contributed by atoms with Gasteiger partial charge in [-0.25, -0.2) is 14.2 Å². The number of nitrogens with one attached hydrogen (secondary N) is 2. The van der Waals surface area contributed by atoms with Crippen LogP contribution in [0.2, 0.25) is 0 Å². The van der Waals surface area contributed by atoms with Crippen molar-refractivity contribution in [1.29, 1.82) is 0 Å². The highest BCUT2D eigenvalue weighted by atomic mass is 32.9. The smallest absolute Gasteiger partial charge is 0.407 e. The second kappa shape index (κ2) is 8.28. The number of aromatic nitrogens is 1. The van der Waals surface area contributed by atoms with Crippen molar-refractivity contribution in [2.24, 2.45) is 0 Å². The van der Waals surface area contributed by atoms with Gasteiger partial charge in [-0.05, 0) is 33.2 Å². The molecule has 4 rings (SSSR count). The summed E-state index contributed by atoms with van der Waals surface area (Å²) in [5.41, 5.74) is 2.31. The Bertz CT molecular complexity index is 986. The monoisotopic (exact) mass is 453 g/mol. The quantitative estimate of drug-likeness (QED) is 0.516. The number of halogens is 1. The van der Waals surface area contributed by atoms with E-state index in [1.54, 1.807) is 31.2 Å². The Hall–Kier alpha value is -2.57. The molecule has 2 aliphatic heterocycles. The lowest BCUT2D eigenvalue weighted by Gasteiger charge is -2.40. The van der Waals surface area contributed by atoms with Crippen LogP contribution in [0.5, 0.6) is 0 Å². The van der Waals surface area contributed by atoms with Gasteiger partial charge < -0.3 is 15.0 Å². The van der Waals surface area contributed by atoms with E-state index in [-0.39, 0.29) is 24.5 Å². The number of carbonyl (C=O) groups is 2. The summed E-state index contributed by atoms with van der Waals surface area (Å²) in [7, 11) is 2.10. The molecule has 2 amide bonds. The number of carbonyl (C=O) groups excluding carboxylic acids is 2. The predicted molar refractivity (Wildman–Crippen MR) is 110 cm³/mol. The normalized spacial score (nSPS) is 24.1. The first-order chi connectivity index (χ1) is 14.4. The summed E-state index contributed by atoms with van der Waals surface area (Å²) in [6.45, 7) is 2.43. The number of anilines is 1. The molecule has 3 heterocycles. The fourth-order valence-corrected chi connectivity index (χ4v) is 5.27. The Morgan fingerprint density at radius 3 is 2.67 bits per heavy atom. The number of benzene rings is 1. The lowest BCUT2D eigenvalue weighted by molar-refractivity contribution is -0.135. The van der Waals surface area contributed by atoms with Gasteiger partial charge in [-0.1, -0.05) is 30.3 Å². The van der Waals surface area contributed by atoms with Crippen LogP contribution in [0.4, 0.5) is 14.3 Å². The molecule has 0 aliphatic carbocycles. The Labute approximate surface area is 178 Å². The second-order valence-electron chi connectivity index (χ2n) is 7.18. The molecule has 9 nitrogen and oxygen atoms in total. The lowest BCUT2D eigenvalue weighted by Crippen LogP contribution is -2.61. The van der Waals surface area contributed by atoms with Gasteiger partial charge in [-0.15, -0.1) is 0 Å². The SMILES string of the molecule is CC(C(=O)NN1CCN(c2nc(=O)ss2)C(F)C1)(c1ccccc1)C1CNC(=O)O1. The number of ether oxygens (including phenoxy) is 1. The summed E-state index contributed by atoms with van der Waals surface area (Å²) in [5, 5.41) is 4.44. The Morgan fingerprint density at radius 2 is 2.07 bits per heavy atom. The second-order valence-corrected chi connectivity index (χ2v) is 9.23. The molecule has 2 fully saturated rings. The predicted octanol–water partition coefficient (Wildman–Crippen LogP) is 1.08. The van der Waals surface area contributed by atoms with Gasteiger partial charge in [-0.2, -0.15) is 4.98 Å². The highest BCUT2D eigenvalue weighted by molar-refractivity contribution is 7.69. The number of hydrazine groups is 1. The first-order valence-corrected chi connectivity index (χ1v) is 11.5. The fourth-order valence-electron chi connectivity index (χ4n) is 3.58. The van der Waals surface area contributed by atoms with Crippen LogP contribution in [0.25, 0.3) is 0 Å². The summed E-state index contributed by atoms with van der Waals surface area (Å²) >= 11 is 0. The average molecular weight is 454 g/mol. The van der Waals surface area contributed by atoms with Crippen molar-refractivity contribution >= 4 is 37.8 Å². The van der Waals surface area contributed by atoms with Gasteiger partial charge in [0.25, 0.3) is 0 Å². The summed E-state index contributed by atoms with van der Waals surface area (Å²) in [6, 6.07) is 9.04. The zero-order valence-electron chi connectivity index (χ0n) is 16.0. The number of piperazine rings is 1. The molecular formula is C18H20FN5O4S2. The van der Waals surface area contributed by atoms with E-state index < -0.39 is 29.8 Å². The molecular weight excluding hydrogens is 433 g/mol. The minimum Gasteiger partial charge on any atom is -0.443 e. The van der Waals surface area contributed by atoms with Crippen LogP contribution in [-0.4, -0.2) is 60.6 Å². The van der Waals surface area contributed by atoms with Gasteiger partial charge in [-0.3, -0.25) is 15.0 Å². The van der Waals surface area contributed by atoms with Crippen molar-refractivity contribution in [2.45, 2.75) is 24.7 Å². The standard InChI is InChI=1S/C18H20FN5O4S2/c1-18(11-5-3-2-4-6-11,12-9-20-16(26)28-12)14(25)22-23-7-8-24(13(19)10-23)15-21-17(27)30-29-15/h2-6,12-13H,7-10H2,1H3,(H,20,26)(H,22,25). The van der Waals surface area contributed by atoms with E-state index in [1.165, 1.54) is 9.91 Å². The minimum absolute atomic E-state index is 0.0856. The lowest BCUT2D eigenvalue weighted by atomic mass is 9.76. The van der Waals surface area contributed by atoms with Gasteiger partial charge in [0.2, 0.25) is 11.0 Å². The van der Waals surface area contributed by atoms with Crippen molar-refractivity contribution in [3.8, 4) is 0 Å². The summed E-state index contributed by atoms with van der Waals surface area (Å²) in [5.74, 6) is -0.394. The maximum atomic E-state index is 14.7. The van der Waals surface area contributed by atoms with E-state index in [0.29, 0.717) is 17.2 Å². The summed E-state index contributed by atoms with van der Waals surface area (Å²) in [6.07, 6.45) is -2.71. The Kier molecular flexibility index (Phi) is 5.71. The van der Waals surface area contributed by atoms with E-state index in [0.717, 1.165) is 20.7 Å². The minimum atomic E-state index is -1.43. The molecule has 1 aromatic heterocycles. The highest BCUT2D eigenvalue weighted by Crippen LogP contribution is 2.32. The van der Waals surface area contributed by atoms with Crippen molar-refractivity contribution in [3.05, 3.63) is 45.6 Å².